The molecular formula is C26H37FN2. The largest absolute Gasteiger partial charge is 0.386 e. The van der Waals surface area contributed by atoms with Crippen molar-refractivity contribution in [2.75, 3.05) is 24.7 Å². The number of rotatable bonds is 7. The van der Waals surface area contributed by atoms with Crippen molar-refractivity contribution in [3.05, 3.63) is 71.1 Å². The molecule has 0 unspecified atom stereocenters. The van der Waals surface area contributed by atoms with Gasteiger partial charge in [-0.05, 0) is 72.4 Å². The lowest BCUT2D eigenvalue weighted by molar-refractivity contribution is 0.618. The number of nitrogens with one attached hydrogen (secondary N) is 2. The first-order valence-electron chi connectivity index (χ1n) is 10.6. The number of hydrogen-bond acceptors (Lipinski definition) is 2. The van der Waals surface area contributed by atoms with E-state index in [1.807, 2.05) is 26.2 Å². The Labute approximate surface area is 176 Å². The highest BCUT2D eigenvalue weighted by molar-refractivity contribution is 5.96. The summed E-state index contributed by atoms with van der Waals surface area (Å²) in [6.45, 7) is 10.4. The van der Waals surface area contributed by atoms with Crippen LogP contribution in [0.3, 0.4) is 0 Å². The Bertz CT molecular complexity index is 833. The smallest absolute Gasteiger partial charge is 0.126 e. The fourth-order valence-corrected chi connectivity index (χ4v) is 2.84. The molecule has 0 aliphatic rings. The van der Waals surface area contributed by atoms with Crippen molar-refractivity contribution in [2.45, 2.75) is 53.9 Å². The number of aryl methyl sites for hydroxylation is 1. The highest BCUT2D eigenvalue weighted by atomic mass is 19.1. The monoisotopic (exact) mass is 396 g/mol. The highest BCUT2D eigenvalue weighted by Gasteiger charge is 2.09. The molecule has 2 N–H and O–H groups in total. The molecular weight excluding hydrogens is 359 g/mol. The van der Waals surface area contributed by atoms with Gasteiger partial charge in [0.15, 0.2) is 0 Å². The van der Waals surface area contributed by atoms with Gasteiger partial charge in [0.2, 0.25) is 0 Å². The minimum Gasteiger partial charge on any atom is -0.386 e. The summed E-state index contributed by atoms with van der Waals surface area (Å²) in [5.41, 5.74) is 7.22. The lowest BCUT2D eigenvalue weighted by Crippen LogP contribution is -1.98. The lowest BCUT2D eigenvalue weighted by atomic mass is 9.93. The lowest BCUT2D eigenvalue weighted by Gasteiger charge is -2.15. The van der Waals surface area contributed by atoms with Crippen LogP contribution in [-0.4, -0.2) is 14.1 Å². The number of unbranched alkanes of at least 4 members (excludes halogenated alkanes) is 1. The van der Waals surface area contributed by atoms with Crippen LogP contribution in [0.2, 0.25) is 0 Å². The topological polar surface area (TPSA) is 24.1 Å². The average molecular weight is 397 g/mol. The summed E-state index contributed by atoms with van der Waals surface area (Å²) in [6, 6.07) is 11.6. The maximum atomic E-state index is 13.6. The van der Waals surface area contributed by atoms with Gasteiger partial charge in [-0.2, -0.15) is 0 Å². The van der Waals surface area contributed by atoms with Gasteiger partial charge in [-0.3, -0.25) is 0 Å². The van der Waals surface area contributed by atoms with Gasteiger partial charge in [-0.15, -0.1) is 0 Å². The third-order valence-electron chi connectivity index (χ3n) is 4.88. The van der Waals surface area contributed by atoms with E-state index in [9.17, 15) is 4.39 Å². The van der Waals surface area contributed by atoms with E-state index in [0.29, 0.717) is 5.56 Å². The third-order valence-corrected chi connectivity index (χ3v) is 4.88. The molecule has 0 aromatic heterocycles. The van der Waals surface area contributed by atoms with Crippen molar-refractivity contribution >= 4 is 22.5 Å². The van der Waals surface area contributed by atoms with E-state index in [-0.39, 0.29) is 5.82 Å². The number of allylic oxidation sites excluding steroid dienone is 4. The second-order valence-electron chi connectivity index (χ2n) is 7.07. The van der Waals surface area contributed by atoms with Crippen molar-refractivity contribution in [1.82, 2.24) is 0 Å². The number of anilines is 2. The van der Waals surface area contributed by atoms with Gasteiger partial charge in [0.25, 0.3) is 0 Å². The standard InChI is InChI=1S/C22H27FN2.C4H10/c1-6-7-8-19(16(3)17-9-11-20(23)15(2)13-17)18-10-12-21(24-4)22(14-18)25-5;1-3-4-2/h7-14,24-25H,6H2,1-5H3;3-4H2,1-2H3/b8-7-,19-16-;. The quantitative estimate of drug-likeness (QED) is 0.367. The van der Waals surface area contributed by atoms with Gasteiger partial charge >= 0.3 is 0 Å². The zero-order valence-corrected chi connectivity index (χ0v) is 19.1. The van der Waals surface area contributed by atoms with Crippen molar-refractivity contribution in [2.24, 2.45) is 0 Å². The van der Waals surface area contributed by atoms with Crippen molar-refractivity contribution in [3.63, 3.8) is 0 Å². The number of halogens is 1. The number of benzene rings is 2. The SMILES string of the molecule is CC/C=C\C(=C(/C)c1ccc(F)c(C)c1)c1ccc(NC)c(NC)c1.CCCC. The molecule has 0 atom stereocenters. The van der Waals surface area contributed by atoms with E-state index in [4.69, 9.17) is 0 Å². The fraction of sp³-hybridized carbons (Fsp3) is 0.385. The van der Waals surface area contributed by atoms with Crippen LogP contribution in [0.15, 0.2) is 48.6 Å². The molecule has 0 heterocycles. The summed E-state index contributed by atoms with van der Waals surface area (Å²) in [6.07, 6.45) is 7.91. The van der Waals surface area contributed by atoms with Crippen LogP contribution in [0, 0.1) is 12.7 Å². The first kappa shape index (κ1) is 24.5. The number of hydrogen-bond donors (Lipinski definition) is 2. The Morgan fingerprint density at radius 1 is 0.897 bits per heavy atom. The minimum absolute atomic E-state index is 0.168. The molecule has 29 heavy (non-hydrogen) atoms. The Kier molecular flexibility index (Phi) is 10.8. The average Bonchev–Trinajstić information content (AvgIpc) is 2.75. The van der Waals surface area contributed by atoms with E-state index < -0.39 is 0 Å². The van der Waals surface area contributed by atoms with Gasteiger partial charge in [0, 0.05) is 14.1 Å². The fourth-order valence-electron chi connectivity index (χ4n) is 2.84. The van der Waals surface area contributed by atoms with Crippen LogP contribution in [0.1, 0.15) is 63.6 Å². The highest BCUT2D eigenvalue weighted by Crippen LogP contribution is 2.32. The molecule has 0 amide bonds. The minimum atomic E-state index is -0.168. The molecule has 0 saturated carbocycles. The molecule has 2 nitrogen and oxygen atoms in total. The Morgan fingerprint density at radius 2 is 1.52 bits per heavy atom. The van der Waals surface area contributed by atoms with Gasteiger partial charge in [0.1, 0.15) is 5.82 Å². The first-order valence-corrected chi connectivity index (χ1v) is 10.6. The zero-order valence-electron chi connectivity index (χ0n) is 19.1. The molecule has 2 rings (SSSR count). The van der Waals surface area contributed by atoms with E-state index in [1.54, 1.807) is 13.0 Å². The molecule has 2 aromatic carbocycles. The Hall–Kier alpha value is -2.55. The molecule has 0 aliphatic carbocycles. The summed E-state index contributed by atoms with van der Waals surface area (Å²) in [5, 5.41) is 6.43. The van der Waals surface area contributed by atoms with Gasteiger partial charge in [0.05, 0.1) is 11.4 Å². The predicted molar refractivity (Wildman–Crippen MR) is 129 cm³/mol. The Morgan fingerprint density at radius 3 is 2.03 bits per heavy atom. The van der Waals surface area contributed by atoms with E-state index in [2.05, 4.69) is 68.7 Å². The molecule has 158 valence electrons. The molecule has 0 aliphatic heterocycles. The van der Waals surface area contributed by atoms with Crippen LogP contribution >= 0.6 is 0 Å². The molecule has 0 spiro atoms. The van der Waals surface area contributed by atoms with Crippen LogP contribution < -0.4 is 10.6 Å². The summed E-state index contributed by atoms with van der Waals surface area (Å²) in [7, 11) is 3.83. The van der Waals surface area contributed by atoms with Crippen LogP contribution in [-0.2, 0) is 0 Å². The van der Waals surface area contributed by atoms with Gasteiger partial charge in [-0.25, -0.2) is 4.39 Å². The van der Waals surface area contributed by atoms with Crippen LogP contribution in [0.4, 0.5) is 15.8 Å². The molecule has 0 saturated heterocycles. The second kappa shape index (κ2) is 12.8. The molecule has 0 fully saturated rings. The van der Waals surface area contributed by atoms with E-state index in [0.717, 1.165) is 40.1 Å². The third kappa shape index (κ3) is 7.08. The van der Waals surface area contributed by atoms with Crippen molar-refractivity contribution in [1.29, 1.82) is 0 Å². The maximum absolute atomic E-state index is 13.6. The second-order valence-corrected chi connectivity index (χ2v) is 7.07. The summed E-state index contributed by atoms with van der Waals surface area (Å²) < 4.78 is 13.6. The van der Waals surface area contributed by atoms with Gasteiger partial charge in [-0.1, -0.05) is 57.9 Å². The molecule has 0 radical (unpaired) electrons. The summed E-state index contributed by atoms with van der Waals surface area (Å²) >= 11 is 0. The van der Waals surface area contributed by atoms with Crippen molar-refractivity contribution < 1.29 is 4.39 Å². The van der Waals surface area contributed by atoms with Crippen LogP contribution in [0.25, 0.3) is 11.1 Å². The molecule has 0 bridgehead atoms. The van der Waals surface area contributed by atoms with Gasteiger partial charge < -0.3 is 10.6 Å². The Balaban J connectivity index is 0.000000960. The summed E-state index contributed by atoms with van der Waals surface area (Å²) in [4.78, 5) is 0. The molecule has 2 aromatic rings. The predicted octanol–water partition coefficient (Wildman–Crippen LogP) is 7.92. The normalized spacial score (nSPS) is 11.6. The molecule has 3 heteroatoms. The summed E-state index contributed by atoms with van der Waals surface area (Å²) in [5.74, 6) is -0.168. The first-order chi connectivity index (χ1) is 13.9. The maximum Gasteiger partial charge on any atom is 0.126 e. The van der Waals surface area contributed by atoms with E-state index in [1.165, 1.54) is 12.8 Å². The van der Waals surface area contributed by atoms with Crippen molar-refractivity contribution in [3.8, 4) is 0 Å². The zero-order chi connectivity index (χ0) is 21.8. The van der Waals surface area contributed by atoms with Crippen LogP contribution in [0.5, 0.6) is 0 Å². The van der Waals surface area contributed by atoms with E-state index >= 15 is 0 Å².